The van der Waals surface area contributed by atoms with E-state index in [1.807, 2.05) is 65.1 Å². The Morgan fingerprint density at radius 1 is 0.705 bits per heavy atom. The molecular formula is C61H94N14O10S3. The van der Waals surface area contributed by atoms with Gasteiger partial charge in [-0.2, -0.15) is 22.0 Å². The number of carbonyl (C=O) groups is 10. The summed E-state index contributed by atoms with van der Waals surface area (Å²) >= 11 is 11.8. The number of thiocarbonyl (C=S) groups is 2. The first-order chi connectivity index (χ1) is 41.6. The van der Waals surface area contributed by atoms with Gasteiger partial charge in [0.05, 0.1) is 23.8 Å². The third-order valence-corrected chi connectivity index (χ3v) is 15.6. The molecule has 0 spiro atoms. The third-order valence-electron chi connectivity index (χ3n) is 14.5. The Balaban J connectivity index is 0.000000737. The van der Waals surface area contributed by atoms with Crippen LogP contribution in [0.4, 0.5) is 0 Å². The van der Waals surface area contributed by atoms with Crippen LogP contribution in [0, 0.1) is 35.5 Å². The van der Waals surface area contributed by atoms with Crippen molar-refractivity contribution in [1.82, 2.24) is 52.4 Å². The second kappa shape index (κ2) is 41.1. The maximum atomic E-state index is 13.9. The summed E-state index contributed by atoms with van der Waals surface area (Å²) in [7, 11) is 1.67. The van der Waals surface area contributed by atoms with Crippen LogP contribution >= 0.6 is 36.2 Å². The van der Waals surface area contributed by atoms with Crippen LogP contribution in [-0.2, 0) is 60.8 Å². The van der Waals surface area contributed by atoms with Gasteiger partial charge in [0.2, 0.25) is 29.5 Å². The number of rotatable bonds is 40. The summed E-state index contributed by atoms with van der Waals surface area (Å²) in [5.74, 6) is -5.19. The SMILES string of the molecule is CCCC(=O)C(CC(=O)C(C)NC(=O)C(Cc1c[nH]c2ccccc12)NC(=O)C(CCC(N)=O)CC(=O)CCCNC(=S)N/N=C(C)/C(C)=N/NC(=S)NC)C(C)C.CSCCC(NC(=O)C(CC(=O)C(CC(C)=O)Cc1cnc[nH]1)CC(C)C)C(N)=O. The fourth-order valence-corrected chi connectivity index (χ4v) is 10.0. The predicted octanol–water partition coefficient (Wildman–Crippen LogP) is 5.12. The maximum Gasteiger partial charge on any atom is 0.243 e. The molecule has 7 atom stereocenters. The van der Waals surface area contributed by atoms with E-state index in [0.717, 1.165) is 22.2 Å². The molecule has 2 heterocycles. The molecule has 486 valence electrons. The zero-order valence-corrected chi connectivity index (χ0v) is 55.3. The van der Waals surface area contributed by atoms with E-state index in [1.54, 1.807) is 52.0 Å². The Morgan fingerprint density at radius 2 is 1.35 bits per heavy atom. The van der Waals surface area contributed by atoms with Crippen LogP contribution in [0.25, 0.3) is 10.9 Å². The van der Waals surface area contributed by atoms with Crippen LogP contribution in [0.1, 0.15) is 151 Å². The van der Waals surface area contributed by atoms with Crippen molar-refractivity contribution >= 4 is 127 Å². The summed E-state index contributed by atoms with van der Waals surface area (Å²) in [6.45, 7) is 16.5. The molecule has 0 fully saturated rings. The Morgan fingerprint density at radius 3 is 1.93 bits per heavy atom. The van der Waals surface area contributed by atoms with Gasteiger partial charge in [-0.25, -0.2) is 4.98 Å². The molecule has 24 nitrogen and oxygen atoms in total. The summed E-state index contributed by atoms with van der Waals surface area (Å²) in [6, 6.07) is 4.67. The molecule has 0 radical (unpaired) electrons. The minimum Gasteiger partial charge on any atom is -0.370 e. The molecule has 27 heteroatoms. The van der Waals surface area contributed by atoms with E-state index < -0.39 is 65.4 Å². The minimum atomic E-state index is -1.14. The number of thioether (sulfide) groups is 1. The van der Waals surface area contributed by atoms with Crippen LogP contribution in [0.2, 0.25) is 0 Å². The Labute approximate surface area is 532 Å². The molecule has 0 saturated heterocycles. The van der Waals surface area contributed by atoms with Crippen LogP contribution in [0.3, 0.4) is 0 Å². The molecule has 7 unspecified atom stereocenters. The molecule has 2 aromatic heterocycles. The predicted molar refractivity (Wildman–Crippen MR) is 353 cm³/mol. The summed E-state index contributed by atoms with van der Waals surface area (Å²) in [5, 5.41) is 23.8. The Kier molecular flexibility index (Phi) is 35.8. The smallest absolute Gasteiger partial charge is 0.243 e. The van der Waals surface area contributed by atoms with E-state index in [2.05, 4.69) is 62.6 Å². The zero-order chi connectivity index (χ0) is 66.0. The summed E-state index contributed by atoms with van der Waals surface area (Å²) in [6.07, 6.45) is 9.52. The monoisotopic (exact) mass is 1280 g/mol. The van der Waals surface area contributed by atoms with Crippen molar-refractivity contribution in [1.29, 1.82) is 0 Å². The molecule has 0 saturated carbocycles. The van der Waals surface area contributed by atoms with Gasteiger partial charge < -0.3 is 52.8 Å². The number of nitrogens with one attached hydrogen (secondary N) is 9. The average Bonchev–Trinajstić information content (AvgIpc) is 4.26. The summed E-state index contributed by atoms with van der Waals surface area (Å²) in [4.78, 5) is 138. The number of hydrazone groups is 2. The molecule has 1 aromatic carbocycles. The van der Waals surface area contributed by atoms with E-state index in [9.17, 15) is 47.9 Å². The zero-order valence-electron chi connectivity index (χ0n) is 52.9. The number of ketones is 5. The van der Waals surface area contributed by atoms with E-state index in [0.29, 0.717) is 67.4 Å². The molecule has 0 aliphatic heterocycles. The number of hydrogen-bond donors (Lipinski definition) is 11. The second-order valence-corrected chi connectivity index (χ2v) is 24.5. The standard InChI is InChI=1S/C40H60N10O6S2.C21H34N4O4S/c1-8-12-34(52)31(23(2)3)21-35(53)26(6)45-38(56)33(20-28-22-44-32-15-10-9-14-30(28)32)46-37(55)27(16-17-36(41)54)19-29(51)13-11-18-43-40(58)50-48-25(5)24(4)47-49-39(57)42-7;1-13(2)7-16(21(29)25-18(20(22)28)5-6-30-4)10-19(27)15(8-14(3)26)9-17-11-23-12-24-17/h9-10,14-15,22-23,26-27,31,33,44H,8,11-13,16-21H2,1-7H3,(H2,41,54)(H,45,56)(H,46,55)(H2,42,49,57)(H2,43,50,58);11-13,15-16,18H,5-10H2,1-4H3,(H2,22,28)(H,23,24)(H,25,29)/b47-24+,48-25+;. The van der Waals surface area contributed by atoms with Gasteiger partial charge in [0.1, 0.15) is 35.2 Å². The highest BCUT2D eigenvalue weighted by Crippen LogP contribution is 2.25. The van der Waals surface area contributed by atoms with Gasteiger partial charge in [-0.15, -0.1) is 0 Å². The summed E-state index contributed by atoms with van der Waals surface area (Å²) < 4.78 is 0. The highest BCUT2D eigenvalue weighted by molar-refractivity contribution is 7.98. The summed E-state index contributed by atoms with van der Waals surface area (Å²) in [5.41, 5.74) is 19.7. The topological polar surface area (TPSA) is 376 Å². The Hall–Kier alpha value is -7.26. The Bertz CT molecular complexity index is 2890. The number of hydrogen-bond acceptors (Lipinski definition) is 16. The van der Waals surface area contributed by atoms with Crippen LogP contribution < -0.4 is 48.9 Å². The van der Waals surface area contributed by atoms with Crippen LogP contribution in [0.15, 0.2) is 53.2 Å². The number of H-pyrrole nitrogens is 2. The third kappa shape index (κ3) is 29.6. The van der Waals surface area contributed by atoms with E-state index >= 15 is 0 Å². The van der Waals surface area contributed by atoms with E-state index in [-0.39, 0.29) is 103 Å². The number of benzene rings is 1. The molecule has 13 N–H and O–H groups in total. The van der Waals surface area contributed by atoms with Crippen LogP contribution in [-0.4, -0.2) is 139 Å². The van der Waals surface area contributed by atoms with E-state index in [4.69, 9.17) is 35.9 Å². The van der Waals surface area contributed by atoms with Crippen LogP contribution in [0.5, 0.6) is 0 Å². The molecular weight excluding hydrogens is 1180 g/mol. The minimum absolute atomic E-state index is 0.00576. The number of primary amides is 2. The van der Waals surface area contributed by atoms with Gasteiger partial charge in [-0.3, -0.25) is 54.0 Å². The van der Waals surface area contributed by atoms with Crippen molar-refractivity contribution in [2.45, 2.75) is 170 Å². The number of nitrogens with two attached hydrogens (primary N) is 2. The second-order valence-electron chi connectivity index (χ2n) is 22.7. The van der Waals surface area contributed by atoms with Crippen molar-refractivity contribution < 1.29 is 47.9 Å². The normalized spacial score (nSPS) is 13.9. The molecule has 3 aromatic rings. The number of nitrogens with zero attached hydrogens (tertiary/aromatic N) is 3. The first kappa shape index (κ1) is 76.8. The lowest BCUT2D eigenvalue weighted by molar-refractivity contribution is -0.135. The van der Waals surface area contributed by atoms with Gasteiger partial charge >= 0.3 is 0 Å². The fourth-order valence-electron chi connectivity index (χ4n) is 9.37. The van der Waals surface area contributed by atoms with Gasteiger partial charge in [0, 0.05) is 118 Å². The van der Waals surface area contributed by atoms with E-state index in [1.165, 1.54) is 13.3 Å². The van der Waals surface area contributed by atoms with Crippen molar-refractivity contribution in [3.8, 4) is 0 Å². The molecule has 0 bridgehead atoms. The number of imidazole rings is 1. The van der Waals surface area contributed by atoms with Crippen molar-refractivity contribution in [3.63, 3.8) is 0 Å². The lowest BCUT2D eigenvalue weighted by Gasteiger charge is -2.25. The number of para-hydroxylation sites is 1. The van der Waals surface area contributed by atoms with Gasteiger partial charge in [-0.1, -0.05) is 52.8 Å². The lowest BCUT2D eigenvalue weighted by atomic mass is 9.84. The lowest BCUT2D eigenvalue weighted by Crippen LogP contribution is -2.53. The molecule has 0 aliphatic rings. The first-order valence-corrected chi connectivity index (χ1v) is 32.0. The first-order valence-electron chi connectivity index (χ1n) is 29.8. The fraction of sp³-hybridized carbons (Fsp3) is 0.590. The van der Waals surface area contributed by atoms with Gasteiger partial charge in [0.15, 0.2) is 16.0 Å². The highest BCUT2D eigenvalue weighted by Gasteiger charge is 2.33. The quantitative estimate of drug-likeness (QED) is 0.0152. The molecule has 88 heavy (non-hydrogen) atoms. The number of Topliss-reactive ketones (excluding diaryl/α,β-unsaturated/α-hetero) is 5. The maximum absolute atomic E-state index is 13.9. The number of aromatic amines is 2. The highest BCUT2D eigenvalue weighted by atomic mass is 32.2. The largest absolute Gasteiger partial charge is 0.370 e. The van der Waals surface area contributed by atoms with Gasteiger partial charge in [0.25, 0.3) is 0 Å². The molecule has 0 aliphatic carbocycles. The molecule has 3 rings (SSSR count). The number of carbonyl (C=O) groups excluding carboxylic acids is 10. The number of aromatic nitrogens is 3. The number of amides is 5. The number of fused-ring (bicyclic) bond motifs is 1. The van der Waals surface area contributed by atoms with Gasteiger partial charge in [-0.05, 0) is 126 Å². The van der Waals surface area contributed by atoms with Crippen molar-refractivity contribution in [2.24, 2.45) is 57.2 Å². The van der Waals surface area contributed by atoms with Crippen molar-refractivity contribution in [3.05, 3.63) is 54.2 Å². The molecule has 5 amide bonds. The average molecular weight is 1280 g/mol. The van der Waals surface area contributed by atoms with Crippen molar-refractivity contribution in [2.75, 3.05) is 25.6 Å².